The highest BCUT2D eigenvalue weighted by Gasteiger charge is 2.47. The monoisotopic (exact) mass is 309 g/mol. The number of methoxy groups -OCH3 is 1. The fourth-order valence-corrected chi connectivity index (χ4v) is 3.66. The van der Waals surface area contributed by atoms with Crippen LogP contribution in [0.4, 0.5) is 10.2 Å². The lowest BCUT2D eigenvalue weighted by molar-refractivity contribution is -0.153. The molecule has 7 heteroatoms. The van der Waals surface area contributed by atoms with Gasteiger partial charge >= 0.3 is 5.97 Å². The van der Waals surface area contributed by atoms with Gasteiger partial charge in [0.2, 0.25) is 5.67 Å². The molecule has 0 radical (unpaired) electrons. The van der Waals surface area contributed by atoms with Gasteiger partial charge in [-0.15, -0.1) is 11.3 Å². The number of carbonyl (C=O) groups is 1. The minimum atomic E-state index is -1.95. The van der Waals surface area contributed by atoms with Crippen LogP contribution >= 0.6 is 11.3 Å². The number of alkyl halides is 1. The number of carbonyl (C=O) groups excluding carboxylic acids is 1. The molecule has 21 heavy (non-hydrogen) atoms. The second-order valence-corrected chi connectivity index (χ2v) is 6.18. The lowest BCUT2D eigenvalue weighted by Crippen LogP contribution is -2.38. The number of thiophene rings is 1. The number of fused-ring (bicyclic) bond motifs is 1. The van der Waals surface area contributed by atoms with Crippen molar-refractivity contribution in [3.05, 3.63) is 16.8 Å². The van der Waals surface area contributed by atoms with Crippen LogP contribution in [0, 0.1) is 13.8 Å². The topological polar surface area (TPSA) is 55.3 Å². The first-order valence-electron chi connectivity index (χ1n) is 6.69. The number of anilines is 1. The number of halogens is 1. The van der Waals surface area contributed by atoms with Gasteiger partial charge in [-0.2, -0.15) is 0 Å². The van der Waals surface area contributed by atoms with Gasteiger partial charge in [0, 0.05) is 13.0 Å². The smallest absolute Gasteiger partial charge is 0.345 e. The standard InChI is InChI=1S/C14H16FN3O2S/c1-8-6-21-12-10(8)11(16-9(2)17-12)18-5-4-14(15,7-18)13(19)20-3/h6H,4-5,7H2,1-3H3/t14-/m1/s1. The summed E-state index contributed by atoms with van der Waals surface area (Å²) in [6.45, 7) is 4.21. The number of ether oxygens (including phenoxy) is 1. The lowest BCUT2D eigenvalue weighted by Gasteiger charge is -2.20. The summed E-state index contributed by atoms with van der Waals surface area (Å²) in [7, 11) is 1.21. The average molecular weight is 309 g/mol. The highest BCUT2D eigenvalue weighted by molar-refractivity contribution is 7.17. The lowest BCUT2D eigenvalue weighted by atomic mass is 10.1. The normalized spacial score (nSPS) is 22.0. The molecule has 0 amide bonds. The van der Waals surface area contributed by atoms with Crippen molar-refractivity contribution < 1.29 is 13.9 Å². The van der Waals surface area contributed by atoms with Crippen molar-refractivity contribution in [3.8, 4) is 0 Å². The molecule has 1 saturated heterocycles. The highest BCUT2D eigenvalue weighted by atomic mass is 32.1. The number of aromatic nitrogens is 2. The molecule has 0 aromatic carbocycles. The molecule has 0 bridgehead atoms. The second kappa shape index (κ2) is 4.91. The van der Waals surface area contributed by atoms with Crippen LogP contribution in [0.15, 0.2) is 5.38 Å². The Labute approximate surface area is 125 Å². The average Bonchev–Trinajstić information content (AvgIpc) is 3.02. The van der Waals surface area contributed by atoms with E-state index in [2.05, 4.69) is 14.7 Å². The fraction of sp³-hybridized carbons (Fsp3) is 0.500. The molecule has 5 nitrogen and oxygen atoms in total. The van der Waals surface area contributed by atoms with Crippen LogP contribution in [0.2, 0.25) is 0 Å². The van der Waals surface area contributed by atoms with Gasteiger partial charge in [0.05, 0.1) is 19.0 Å². The van der Waals surface area contributed by atoms with Crippen LogP contribution in [-0.4, -0.2) is 41.8 Å². The summed E-state index contributed by atoms with van der Waals surface area (Å²) in [5.41, 5.74) is -0.886. The Morgan fingerprint density at radius 1 is 1.48 bits per heavy atom. The fourth-order valence-electron chi connectivity index (χ4n) is 2.70. The van der Waals surface area contributed by atoms with Crippen molar-refractivity contribution in [1.29, 1.82) is 0 Å². The summed E-state index contributed by atoms with van der Waals surface area (Å²) in [5.74, 6) is 0.544. The van der Waals surface area contributed by atoms with Gasteiger partial charge in [-0.1, -0.05) is 0 Å². The van der Waals surface area contributed by atoms with Crippen molar-refractivity contribution >= 4 is 33.3 Å². The summed E-state index contributed by atoms with van der Waals surface area (Å²) < 4.78 is 19.2. The number of hydrogen-bond acceptors (Lipinski definition) is 6. The van der Waals surface area contributed by atoms with E-state index in [9.17, 15) is 9.18 Å². The van der Waals surface area contributed by atoms with E-state index in [1.54, 1.807) is 11.3 Å². The molecule has 1 aliphatic rings. The zero-order valence-corrected chi connectivity index (χ0v) is 13.0. The molecule has 1 fully saturated rings. The number of hydrogen-bond donors (Lipinski definition) is 0. The summed E-state index contributed by atoms with van der Waals surface area (Å²) >= 11 is 1.55. The van der Waals surface area contributed by atoms with Gasteiger partial charge < -0.3 is 9.64 Å². The molecule has 2 aromatic rings. The molecule has 0 unspecified atom stereocenters. The first-order chi connectivity index (χ1) is 9.94. The van der Waals surface area contributed by atoms with E-state index in [1.807, 2.05) is 24.1 Å². The third-order valence-electron chi connectivity index (χ3n) is 3.78. The molecule has 0 saturated carbocycles. The van der Waals surface area contributed by atoms with Crippen LogP contribution in [0.1, 0.15) is 17.8 Å². The molecule has 1 atom stereocenters. The summed E-state index contributed by atoms with van der Waals surface area (Å²) in [5, 5.41) is 2.96. The Morgan fingerprint density at radius 2 is 2.24 bits per heavy atom. The quantitative estimate of drug-likeness (QED) is 0.797. The van der Waals surface area contributed by atoms with Gasteiger partial charge in [0.1, 0.15) is 16.5 Å². The van der Waals surface area contributed by atoms with Gasteiger partial charge in [0.15, 0.2) is 0 Å². The first-order valence-corrected chi connectivity index (χ1v) is 7.57. The minimum Gasteiger partial charge on any atom is -0.467 e. The third kappa shape index (κ3) is 2.25. The van der Waals surface area contributed by atoms with Crippen molar-refractivity contribution in [3.63, 3.8) is 0 Å². The maximum atomic E-state index is 14.6. The largest absolute Gasteiger partial charge is 0.467 e. The Morgan fingerprint density at radius 3 is 2.95 bits per heavy atom. The van der Waals surface area contributed by atoms with E-state index >= 15 is 0 Å². The number of rotatable bonds is 2. The van der Waals surface area contributed by atoms with E-state index in [4.69, 9.17) is 0 Å². The Balaban J connectivity index is 2.02. The molecular weight excluding hydrogens is 293 g/mol. The Kier molecular flexibility index (Phi) is 3.32. The predicted molar refractivity (Wildman–Crippen MR) is 79.6 cm³/mol. The van der Waals surface area contributed by atoms with E-state index in [0.717, 1.165) is 15.8 Å². The molecule has 1 aliphatic heterocycles. The van der Waals surface area contributed by atoms with Crippen LogP contribution in [0.5, 0.6) is 0 Å². The van der Waals surface area contributed by atoms with E-state index < -0.39 is 11.6 Å². The van der Waals surface area contributed by atoms with Crippen molar-refractivity contribution in [1.82, 2.24) is 9.97 Å². The second-order valence-electron chi connectivity index (χ2n) is 5.32. The number of nitrogens with zero attached hydrogens (tertiary/aromatic N) is 3. The maximum Gasteiger partial charge on any atom is 0.345 e. The van der Waals surface area contributed by atoms with Gasteiger partial charge in [-0.3, -0.25) is 0 Å². The molecule has 0 aliphatic carbocycles. The number of aryl methyl sites for hydroxylation is 2. The molecular formula is C14H16FN3O2S. The summed E-state index contributed by atoms with van der Waals surface area (Å²) in [6, 6.07) is 0. The maximum absolute atomic E-state index is 14.6. The van der Waals surface area contributed by atoms with Crippen LogP contribution in [-0.2, 0) is 9.53 Å². The molecule has 0 spiro atoms. The molecule has 3 rings (SSSR count). The molecule has 0 N–H and O–H groups in total. The minimum absolute atomic E-state index is 0.0273. The molecule has 112 valence electrons. The molecule has 2 aromatic heterocycles. The first kappa shape index (κ1) is 14.2. The third-order valence-corrected chi connectivity index (χ3v) is 4.77. The van der Waals surface area contributed by atoms with Gasteiger partial charge in [-0.05, 0) is 24.8 Å². The van der Waals surface area contributed by atoms with Crippen molar-refractivity contribution in [2.45, 2.75) is 25.9 Å². The van der Waals surface area contributed by atoms with Crippen molar-refractivity contribution in [2.24, 2.45) is 0 Å². The molecule has 3 heterocycles. The van der Waals surface area contributed by atoms with E-state index in [-0.39, 0.29) is 13.0 Å². The zero-order chi connectivity index (χ0) is 15.2. The van der Waals surface area contributed by atoms with Crippen LogP contribution < -0.4 is 4.90 Å². The van der Waals surface area contributed by atoms with Crippen molar-refractivity contribution in [2.75, 3.05) is 25.1 Å². The van der Waals surface area contributed by atoms with E-state index in [0.29, 0.717) is 18.2 Å². The number of esters is 1. The zero-order valence-electron chi connectivity index (χ0n) is 12.1. The van der Waals surface area contributed by atoms with Crippen LogP contribution in [0.3, 0.4) is 0 Å². The highest BCUT2D eigenvalue weighted by Crippen LogP contribution is 2.36. The summed E-state index contributed by atoms with van der Waals surface area (Å²) in [4.78, 5) is 23.2. The van der Waals surface area contributed by atoms with E-state index in [1.165, 1.54) is 7.11 Å². The van der Waals surface area contributed by atoms with Gasteiger partial charge in [-0.25, -0.2) is 19.2 Å². The van der Waals surface area contributed by atoms with Gasteiger partial charge in [0.25, 0.3) is 0 Å². The summed E-state index contributed by atoms with van der Waals surface area (Å²) in [6.07, 6.45) is 0.118. The predicted octanol–water partition coefficient (Wildman–Crippen LogP) is 2.40. The Hall–Kier alpha value is -1.76. The Bertz CT molecular complexity index is 718. The van der Waals surface area contributed by atoms with Crippen LogP contribution in [0.25, 0.3) is 10.2 Å². The SMILES string of the molecule is COC(=O)[C@@]1(F)CCN(c2nc(C)nc3scc(C)c23)C1.